The number of halogens is 3. The number of carbonyl (C=O) groups is 1. The van der Waals surface area contributed by atoms with Gasteiger partial charge in [-0.15, -0.1) is 0 Å². The van der Waals surface area contributed by atoms with E-state index >= 15 is 0 Å². The third kappa shape index (κ3) is 4.01. The number of hydrogen-bond acceptors (Lipinski definition) is 1. The second kappa shape index (κ2) is 6.80. The quantitative estimate of drug-likeness (QED) is 0.762. The number of rotatable bonds is 3. The van der Waals surface area contributed by atoms with E-state index in [0.29, 0.717) is 20.8 Å². The Labute approximate surface area is 132 Å². The van der Waals surface area contributed by atoms with Gasteiger partial charge in [0, 0.05) is 11.1 Å². The van der Waals surface area contributed by atoms with Crippen molar-refractivity contribution in [1.29, 1.82) is 0 Å². The molecule has 2 rings (SSSR count). The van der Waals surface area contributed by atoms with E-state index in [4.69, 9.17) is 34.8 Å². The smallest absolute Gasteiger partial charge is 0.248 e. The van der Waals surface area contributed by atoms with Crippen LogP contribution < -0.4 is 5.32 Å². The molecule has 0 bridgehead atoms. The van der Waals surface area contributed by atoms with E-state index in [9.17, 15) is 4.79 Å². The first-order valence-corrected chi connectivity index (χ1v) is 6.88. The van der Waals surface area contributed by atoms with Crippen molar-refractivity contribution in [2.24, 2.45) is 0 Å². The van der Waals surface area contributed by atoms with Crippen LogP contribution in [-0.4, -0.2) is 5.91 Å². The zero-order valence-corrected chi connectivity index (χ0v) is 12.5. The van der Waals surface area contributed by atoms with E-state index in [1.807, 2.05) is 12.1 Å². The second-order valence-corrected chi connectivity index (χ2v) is 5.20. The van der Waals surface area contributed by atoms with E-state index in [1.165, 1.54) is 6.08 Å². The zero-order valence-electron chi connectivity index (χ0n) is 10.2. The van der Waals surface area contributed by atoms with Gasteiger partial charge in [-0.25, -0.2) is 0 Å². The minimum atomic E-state index is -0.297. The van der Waals surface area contributed by atoms with Gasteiger partial charge in [-0.1, -0.05) is 53.0 Å². The van der Waals surface area contributed by atoms with Crippen molar-refractivity contribution in [2.45, 2.75) is 0 Å². The van der Waals surface area contributed by atoms with Crippen LogP contribution in [0.15, 0.2) is 48.5 Å². The molecule has 0 saturated heterocycles. The first-order chi connectivity index (χ1) is 9.56. The maximum atomic E-state index is 11.8. The Bertz CT molecular complexity index is 668. The minimum Gasteiger partial charge on any atom is -0.321 e. The molecule has 0 saturated carbocycles. The number of nitrogens with one attached hydrogen (secondary N) is 1. The Kier molecular flexibility index (Phi) is 5.07. The van der Waals surface area contributed by atoms with Crippen molar-refractivity contribution in [2.75, 3.05) is 5.32 Å². The van der Waals surface area contributed by atoms with Crippen LogP contribution in [0.3, 0.4) is 0 Å². The molecule has 0 spiro atoms. The molecule has 20 heavy (non-hydrogen) atoms. The maximum absolute atomic E-state index is 11.8. The summed E-state index contributed by atoms with van der Waals surface area (Å²) >= 11 is 17.7. The molecule has 0 atom stereocenters. The van der Waals surface area contributed by atoms with Crippen LogP contribution in [0.2, 0.25) is 15.1 Å². The summed E-state index contributed by atoms with van der Waals surface area (Å²) in [6.45, 7) is 0. The summed E-state index contributed by atoms with van der Waals surface area (Å²) in [5.74, 6) is -0.297. The standard InChI is InChI=1S/C15H10Cl3NO/c16-11-4-1-3-10(9-11)7-8-14(20)19-13-6-2-5-12(17)15(13)18/h1-9H,(H,19,20)/b8-7+. The summed E-state index contributed by atoms with van der Waals surface area (Å²) < 4.78 is 0. The van der Waals surface area contributed by atoms with E-state index in [1.54, 1.807) is 36.4 Å². The normalized spacial score (nSPS) is 10.8. The highest BCUT2D eigenvalue weighted by Gasteiger charge is 2.05. The van der Waals surface area contributed by atoms with E-state index in [0.717, 1.165) is 5.56 Å². The van der Waals surface area contributed by atoms with Crippen molar-refractivity contribution in [3.8, 4) is 0 Å². The number of amides is 1. The van der Waals surface area contributed by atoms with Crippen LogP contribution >= 0.6 is 34.8 Å². The van der Waals surface area contributed by atoms with Gasteiger partial charge in [-0.2, -0.15) is 0 Å². The highest BCUT2D eigenvalue weighted by atomic mass is 35.5. The van der Waals surface area contributed by atoms with Gasteiger partial charge in [0.2, 0.25) is 5.91 Å². The molecule has 2 aromatic carbocycles. The molecule has 2 nitrogen and oxygen atoms in total. The fourth-order valence-electron chi connectivity index (χ4n) is 1.56. The second-order valence-electron chi connectivity index (χ2n) is 3.98. The van der Waals surface area contributed by atoms with Crippen molar-refractivity contribution in [3.63, 3.8) is 0 Å². The van der Waals surface area contributed by atoms with E-state index in [-0.39, 0.29) is 5.91 Å². The Morgan fingerprint density at radius 2 is 1.80 bits per heavy atom. The molecular weight excluding hydrogens is 317 g/mol. The Hall–Kier alpha value is -1.48. The summed E-state index contributed by atoms with van der Waals surface area (Å²) in [6, 6.07) is 12.2. The third-order valence-electron chi connectivity index (χ3n) is 2.49. The lowest BCUT2D eigenvalue weighted by atomic mass is 10.2. The molecule has 0 unspecified atom stereocenters. The lowest BCUT2D eigenvalue weighted by Gasteiger charge is -2.05. The van der Waals surface area contributed by atoms with Crippen LogP contribution in [0.5, 0.6) is 0 Å². The maximum Gasteiger partial charge on any atom is 0.248 e. The summed E-state index contributed by atoms with van der Waals surface area (Å²) in [7, 11) is 0. The van der Waals surface area contributed by atoms with Gasteiger partial charge in [0.15, 0.2) is 0 Å². The average Bonchev–Trinajstić information content (AvgIpc) is 2.42. The van der Waals surface area contributed by atoms with E-state index in [2.05, 4.69) is 5.32 Å². The van der Waals surface area contributed by atoms with Gasteiger partial charge in [0.1, 0.15) is 0 Å². The van der Waals surface area contributed by atoms with Gasteiger partial charge < -0.3 is 5.32 Å². The summed E-state index contributed by atoms with van der Waals surface area (Å²) in [4.78, 5) is 11.8. The summed E-state index contributed by atoms with van der Waals surface area (Å²) in [5, 5.41) is 3.99. The fourth-order valence-corrected chi connectivity index (χ4v) is 2.10. The van der Waals surface area contributed by atoms with Crippen LogP contribution in [0.25, 0.3) is 6.08 Å². The largest absolute Gasteiger partial charge is 0.321 e. The lowest BCUT2D eigenvalue weighted by Crippen LogP contribution is -2.08. The Morgan fingerprint density at radius 1 is 1.05 bits per heavy atom. The number of benzene rings is 2. The van der Waals surface area contributed by atoms with Crippen LogP contribution in [0.4, 0.5) is 5.69 Å². The van der Waals surface area contributed by atoms with E-state index < -0.39 is 0 Å². The molecule has 2 aromatic rings. The molecule has 0 aliphatic rings. The Morgan fingerprint density at radius 3 is 2.55 bits per heavy atom. The van der Waals surface area contributed by atoms with Gasteiger partial charge in [0.05, 0.1) is 15.7 Å². The first kappa shape index (κ1) is 14.9. The van der Waals surface area contributed by atoms with Crippen LogP contribution in [-0.2, 0) is 4.79 Å². The average molecular weight is 327 g/mol. The molecule has 0 radical (unpaired) electrons. The molecule has 0 heterocycles. The van der Waals surface area contributed by atoms with Crippen molar-refractivity contribution in [1.82, 2.24) is 0 Å². The predicted molar refractivity (Wildman–Crippen MR) is 85.6 cm³/mol. The summed E-state index contributed by atoms with van der Waals surface area (Å²) in [6.07, 6.45) is 3.07. The SMILES string of the molecule is O=C(/C=C/c1cccc(Cl)c1)Nc1cccc(Cl)c1Cl. The molecule has 5 heteroatoms. The lowest BCUT2D eigenvalue weighted by molar-refractivity contribution is -0.111. The highest BCUT2D eigenvalue weighted by molar-refractivity contribution is 6.44. The molecule has 1 N–H and O–H groups in total. The fraction of sp³-hybridized carbons (Fsp3) is 0. The van der Waals surface area contributed by atoms with Crippen LogP contribution in [0.1, 0.15) is 5.56 Å². The van der Waals surface area contributed by atoms with Gasteiger partial charge in [-0.05, 0) is 35.9 Å². The van der Waals surface area contributed by atoms with Crippen molar-refractivity contribution in [3.05, 3.63) is 69.2 Å². The monoisotopic (exact) mass is 325 g/mol. The molecule has 0 aromatic heterocycles. The molecule has 1 amide bonds. The number of hydrogen-bond donors (Lipinski definition) is 1. The Balaban J connectivity index is 2.08. The third-order valence-corrected chi connectivity index (χ3v) is 3.54. The minimum absolute atomic E-state index is 0.297. The highest BCUT2D eigenvalue weighted by Crippen LogP contribution is 2.29. The number of carbonyl (C=O) groups excluding carboxylic acids is 1. The van der Waals surface area contributed by atoms with Crippen molar-refractivity contribution >= 4 is 52.5 Å². The number of anilines is 1. The molecular formula is C15H10Cl3NO. The first-order valence-electron chi connectivity index (χ1n) is 5.75. The predicted octanol–water partition coefficient (Wildman–Crippen LogP) is 5.30. The van der Waals surface area contributed by atoms with Crippen molar-refractivity contribution < 1.29 is 4.79 Å². The molecule has 102 valence electrons. The van der Waals surface area contributed by atoms with Gasteiger partial charge >= 0.3 is 0 Å². The van der Waals surface area contributed by atoms with Gasteiger partial charge in [-0.3, -0.25) is 4.79 Å². The summed E-state index contributed by atoms with van der Waals surface area (Å²) in [5.41, 5.74) is 1.31. The molecule has 0 fully saturated rings. The van der Waals surface area contributed by atoms with Crippen LogP contribution in [0, 0.1) is 0 Å². The molecule has 0 aliphatic heterocycles. The zero-order chi connectivity index (χ0) is 14.5. The van der Waals surface area contributed by atoms with Gasteiger partial charge in [0.25, 0.3) is 0 Å². The molecule has 0 aliphatic carbocycles. The topological polar surface area (TPSA) is 29.1 Å².